The lowest BCUT2D eigenvalue weighted by molar-refractivity contribution is 0.0663. The molecule has 0 bridgehead atoms. The van der Waals surface area contributed by atoms with E-state index in [1.165, 1.54) is 0 Å². The monoisotopic (exact) mass is 279 g/mol. The second-order valence-corrected chi connectivity index (χ2v) is 5.84. The first-order chi connectivity index (χ1) is 10.1. The molecule has 21 heavy (non-hydrogen) atoms. The first-order valence-electron chi connectivity index (χ1n) is 7.17. The molecule has 1 fully saturated rings. The largest absolute Gasteiger partial charge is 0.339 e. The van der Waals surface area contributed by atoms with Gasteiger partial charge in [0, 0.05) is 30.2 Å². The third-order valence-electron chi connectivity index (χ3n) is 4.30. The molecule has 0 aliphatic carbocycles. The van der Waals surface area contributed by atoms with Crippen molar-refractivity contribution in [2.24, 2.45) is 5.41 Å². The van der Waals surface area contributed by atoms with Crippen molar-refractivity contribution in [3.05, 3.63) is 42.1 Å². The molecule has 0 saturated carbocycles. The number of hydrogen-bond acceptors (Lipinski definition) is 3. The molecular formula is C17H17N3O. The summed E-state index contributed by atoms with van der Waals surface area (Å²) in [5.41, 5.74) is 1.24. The fourth-order valence-electron chi connectivity index (χ4n) is 2.78. The molecular weight excluding hydrogens is 262 g/mol. The lowest BCUT2D eigenvalue weighted by Gasteiger charge is -2.35. The lowest BCUT2D eigenvalue weighted by atomic mass is 9.82. The molecule has 1 aliphatic heterocycles. The fourth-order valence-corrected chi connectivity index (χ4v) is 2.78. The summed E-state index contributed by atoms with van der Waals surface area (Å²) < 4.78 is 0. The average molecular weight is 279 g/mol. The zero-order valence-corrected chi connectivity index (χ0v) is 12.0. The summed E-state index contributed by atoms with van der Waals surface area (Å²) in [5, 5.41) is 10.1. The van der Waals surface area contributed by atoms with Gasteiger partial charge in [0.2, 0.25) is 0 Å². The molecule has 1 aromatic heterocycles. The summed E-state index contributed by atoms with van der Waals surface area (Å²) in [5.74, 6) is 0.0357. The summed E-state index contributed by atoms with van der Waals surface area (Å²) in [7, 11) is 0. The van der Waals surface area contributed by atoms with Crippen molar-refractivity contribution in [3.63, 3.8) is 0 Å². The molecule has 0 unspecified atom stereocenters. The van der Waals surface area contributed by atoms with Crippen LogP contribution >= 0.6 is 0 Å². The molecule has 0 N–H and O–H groups in total. The quantitative estimate of drug-likeness (QED) is 0.806. The smallest absolute Gasteiger partial charge is 0.254 e. The average Bonchev–Trinajstić information content (AvgIpc) is 2.54. The van der Waals surface area contributed by atoms with Gasteiger partial charge in [-0.1, -0.05) is 12.1 Å². The Bertz CT molecular complexity index is 719. The number of fused-ring (bicyclic) bond motifs is 1. The van der Waals surface area contributed by atoms with E-state index in [1.54, 1.807) is 6.20 Å². The molecule has 106 valence electrons. The maximum atomic E-state index is 12.7. The minimum Gasteiger partial charge on any atom is -0.339 e. The number of aromatic nitrogens is 1. The van der Waals surface area contributed by atoms with E-state index < -0.39 is 0 Å². The van der Waals surface area contributed by atoms with Gasteiger partial charge in [0.05, 0.1) is 17.0 Å². The van der Waals surface area contributed by atoms with Gasteiger partial charge >= 0.3 is 0 Å². The van der Waals surface area contributed by atoms with Crippen LogP contribution in [0.4, 0.5) is 0 Å². The standard InChI is InChI=1S/C17H17N3O/c1-17(12-18)7-10-20(11-8-17)16(21)14-4-2-6-15-13(14)5-3-9-19-15/h2-6,9H,7-8,10-11H2,1H3. The highest BCUT2D eigenvalue weighted by molar-refractivity contribution is 6.06. The molecule has 4 heteroatoms. The SMILES string of the molecule is CC1(C#N)CCN(C(=O)c2cccc3ncccc23)CC1. The molecule has 0 radical (unpaired) electrons. The summed E-state index contributed by atoms with van der Waals surface area (Å²) in [6.07, 6.45) is 3.20. The van der Waals surface area contributed by atoms with Crippen molar-refractivity contribution >= 4 is 16.8 Å². The molecule has 2 aromatic rings. The maximum Gasteiger partial charge on any atom is 0.254 e. The zero-order chi connectivity index (χ0) is 14.9. The number of piperidine rings is 1. The Hall–Kier alpha value is -2.41. The third-order valence-corrected chi connectivity index (χ3v) is 4.30. The minimum absolute atomic E-state index is 0.0357. The van der Waals surface area contributed by atoms with Crippen molar-refractivity contribution in [3.8, 4) is 6.07 Å². The van der Waals surface area contributed by atoms with E-state index in [0.717, 1.165) is 23.7 Å². The number of likely N-dealkylation sites (tertiary alicyclic amines) is 1. The molecule has 0 atom stereocenters. The molecule has 3 rings (SSSR count). The number of benzene rings is 1. The molecule has 1 aromatic carbocycles. The number of pyridine rings is 1. The number of carbonyl (C=O) groups excluding carboxylic acids is 1. The Kier molecular flexibility index (Phi) is 3.34. The summed E-state index contributed by atoms with van der Waals surface area (Å²) in [6, 6.07) is 11.8. The summed E-state index contributed by atoms with van der Waals surface area (Å²) >= 11 is 0. The first kappa shape index (κ1) is 13.6. The second kappa shape index (κ2) is 5.17. The highest BCUT2D eigenvalue weighted by Crippen LogP contribution is 2.31. The van der Waals surface area contributed by atoms with E-state index in [9.17, 15) is 10.1 Å². The van der Waals surface area contributed by atoms with E-state index in [-0.39, 0.29) is 11.3 Å². The molecule has 1 amide bonds. The number of carbonyl (C=O) groups is 1. The van der Waals surface area contributed by atoms with Crippen LogP contribution in [0.25, 0.3) is 10.9 Å². The number of hydrogen-bond donors (Lipinski definition) is 0. The fraction of sp³-hybridized carbons (Fsp3) is 0.353. The van der Waals surface area contributed by atoms with Gasteiger partial charge in [-0.15, -0.1) is 0 Å². The molecule has 4 nitrogen and oxygen atoms in total. The van der Waals surface area contributed by atoms with Gasteiger partial charge in [-0.2, -0.15) is 5.26 Å². The molecule has 1 aliphatic rings. The van der Waals surface area contributed by atoms with Crippen LogP contribution in [0.3, 0.4) is 0 Å². The number of nitriles is 1. The van der Waals surface area contributed by atoms with Gasteiger partial charge < -0.3 is 4.90 Å². The Morgan fingerprint density at radius 3 is 2.76 bits per heavy atom. The van der Waals surface area contributed by atoms with Gasteiger partial charge in [-0.05, 0) is 38.0 Å². The Morgan fingerprint density at radius 1 is 1.29 bits per heavy atom. The molecule has 0 spiro atoms. The minimum atomic E-state index is -0.295. The Morgan fingerprint density at radius 2 is 2.05 bits per heavy atom. The number of amides is 1. The van der Waals surface area contributed by atoms with Crippen LogP contribution in [0.15, 0.2) is 36.5 Å². The van der Waals surface area contributed by atoms with Gasteiger partial charge in [0.25, 0.3) is 5.91 Å². The van der Waals surface area contributed by atoms with E-state index in [0.29, 0.717) is 18.7 Å². The molecule has 1 saturated heterocycles. The normalized spacial score (nSPS) is 17.4. The van der Waals surface area contributed by atoms with E-state index >= 15 is 0 Å². The zero-order valence-electron chi connectivity index (χ0n) is 12.0. The second-order valence-electron chi connectivity index (χ2n) is 5.84. The van der Waals surface area contributed by atoms with Crippen LogP contribution in [0.2, 0.25) is 0 Å². The van der Waals surface area contributed by atoms with Gasteiger partial charge in [0.15, 0.2) is 0 Å². The summed E-state index contributed by atoms with van der Waals surface area (Å²) in [4.78, 5) is 18.9. The lowest BCUT2D eigenvalue weighted by Crippen LogP contribution is -2.41. The van der Waals surface area contributed by atoms with E-state index in [1.807, 2.05) is 42.2 Å². The first-order valence-corrected chi connectivity index (χ1v) is 7.17. The van der Waals surface area contributed by atoms with Crippen LogP contribution in [0, 0.1) is 16.7 Å². The van der Waals surface area contributed by atoms with Crippen LogP contribution in [0.5, 0.6) is 0 Å². The van der Waals surface area contributed by atoms with Gasteiger partial charge in [-0.3, -0.25) is 9.78 Å². The highest BCUT2D eigenvalue weighted by atomic mass is 16.2. The van der Waals surface area contributed by atoms with Crippen molar-refractivity contribution in [2.75, 3.05) is 13.1 Å². The topological polar surface area (TPSA) is 57.0 Å². The van der Waals surface area contributed by atoms with Crippen LogP contribution in [0.1, 0.15) is 30.1 Å². The predicted octanol–water partition coefficient (Wildman–Crippen LogP) is 3.00. The van der Waals surface area contributed by atoms with Crippen LogP contribution < -0.4 is 0 Å². The molecule has 2 heterocycles. The number of rotatable bonds is 1. The van der Waals surface area contributed by atoms with E-state index in [2.05, 4.69) is 11.1 Å². The van der Waals surface area contributed by atoms with Crippen molar-refractivity contribution in [2.45, 2.75) is 19.8 Å². The Labute approximate surface area is 124 Å². The van der Waals surface area contributed by atoms with Gasteiger partial charge in [0.1, 0.15) is 0 Å². The van der Waals surface area contributed by atoms with Crippen molar-refractivity contribution in [1.29, 1.82) is 5.26 Å². The van der Waals surface area contributed by atoms with Crippen molar-refractivity contribution in [1.82, 2.24) is 9.88 Å². The summed E-state index contributed by atoms with van der Waals surface area (Å²) in [6.45, 7) is 3.25. The number of nitrogens with zero attached hydrogens (tertiary/aromatic N) is 3. The van der Waals surface area contributed by atoms with Gasteiger partial charge in [-0.25, -0.2) is 0 Å². The van der Waals surface area contributed by atoms with Crippen LogP contribution in [-0.2, 0) is 0 Å². The highest BCUT2D eigenvalue weighted by Gasteiger charge is 2.32. The Balaban J connectivity index is 1.87. The maximum absolute atomic E-state index is 12.7. The predicted molar refractivity (Wildman–Crippen MR) is 80.6 cm³/mol. The van der Waals surface area contributed by atoms with E-state index in [4.69, 9.17) is 0 Å². The third kappa shape index (κ3) is 2.47. The van der Waals surface area contributed by atoms with Crippen LogP contribution in [-0.4, -0.2) is 28.9 Å². The van der Waals surface area contributed by atoms with Crippen molar-refractivity contribution < 1.29 is 4.79 Å².